The molecule has 226 valence electrons. The van der Waals surface area contributed by atoms with Gasteiger partial charge >= 0.3 is 0 Å². The number of aliphatic hydroxyl groups excluding tert-OH is 1. The van der Waals surface area contributed by atoms with Crippen molar-refractivity contribution < 1.29 is 28.8 Å². The van der Waals surface area contributed by atoms with Crippen molar-refractivity contribution >= 4 is 0 Å². The molecule has 5 atom stereocenters. The third kappa shape index (κ3) is 9.57. The molecule has 1 aliphatic rings. The summed E-state index contributed by atoms with van der Waals surface area (Å²) in [4.78, 5) is 0. The number of ether oxygens (including phenoxy) is 5. The maximum atomic E-state index is 9.73. The van der Waals surface area contributed by atoms with Gasteiger partial charge in [0.25, 0.3) is 0 Å². The van der Waals surface area contributed by atoms with Gasteiger partial charge in [-0.2, -0.15) is 0 Å². The van der Waals surface area contributed by atoms with Gasteiger partial charge in [-0.05, 0) is 35.1 Å². The SMILES string of the molecule is OCCC[C@@H]1O[C@H](COCc2ccccc2)[C@@H](OCc2ccccc2)[C@H](OCc2ccccc2)[C@@H]1OCc1ccccc1. The minimum absolute atomic E-state index is 0.0733. The first kappa shape index (κ1) is 31.1. The van der Waals surface area contributed by atoms with Crippen LogP contribution < -0.4 is 0 Å². The van der Waals surface area contributed by atoms with Crippen LogP contribution in [0.1, 0.15) is 35.1 Å². The third-order valence-corrected chi connectivity index (χ3v) is 7.63. The molecule has 0 saturated carbocycles. The summed E-state index contributed by atoms with van der Waals surface area (Å²) in [5, 5.41) is 9.73. The molecule has 1 saturated heterocycles. The Morgan fingerprint density at radius 2 is 0.884 bits per heavy atom. The smallest absolute Gasteiger partial charge is 0.115 e. The summed E-state index contributed by atoms with van der Waals surface area (Å²) in [7, 11) is 0. The molecule has 1 fully saturated rings. The largest absolute Gasteiger partial charge is 0.396 e. The number of benzene rings is 4. The highest BCUT2D eigenvalue weighted by molar-refractivity contribution is 5.16. The fourth-order valence-electron chi connectivity index (χ4n) is 5.41. The number of rotatable bonds is 16. The first-order chi connectivity index (χ1) is 21.3. The van der Waals surface area contributed by atoms with E-state index in [4.69, 9.17) is 23.7 Å². The Balaban J connectivity index is 1.41. The van der Waals surface area contributed by atoms with Gasteiger partial charge in [-0.3, -0.25) is 0 Å². The van der Waals surface area contributed by atoms with Gasteiger partial charge in [-0.1, -0.05) is 121 Å². The lowest BCUT2D eigenvalue weighted by atomic mass is 9.91. The summed E-state index contributed by atoms with van der Waals surface area (Å²) in [5.74, 6) is 0. The highest BCUT2D eigenvalue weighted by Gasteiger charge is 2.48. The molecule has 1 heterocycles. The van der Waals surface area contributed by atoms with Crippen molar-refractivity contribution in [3.05, 3.63) is 144 Å². The van der Waals surface area contributed by atoms with Gasteiger partial charge in [0.2, 0.25) is 0 Å². The van der Waals surface area contributed by atoms with Crippen LogP contribution >= 0.6 is 0 Å². The topological polar surface area (TPSA) is 66.4 Å². The van der Waals surface area contributed by atoms with Crippen molar-refractivity contribution in [2.24, 2.45) is 0 Å². The van der Waals surface area contributed by atoms with Crippen LogP contribution in [0.25, 0.3) is 0 Å². The average molecular weight is 583 g/mol. The molecule has 0 aliphatic carbocycles. The summed E-state index contributed by atoms with van der Waals surface area (Å²) in [6, 6.07) is 40.5. The molecule has 6 nitrogen and oxygen atoms in total. The van der Waals surface area contributed by atoms with Crippen LogP contribution in [0.4, 0.5) is 0 Å². The van der Waals surface area contributed by atoms with Gasteiger partial charge in [0, 0.05) is 6.61 Å². The summed E-state index contributed by atoms with van der Waals surface area (Å²) in [5.41, 5.74) is 4.30. The second kappa shape index (κ2) is 17.1. The van der Waals surface area contributed by atoms with E-state index in [1.807, 2.05) is 84.9 Å². The van der Waals surface area contributed by atoms with E-state index in [2.05, 4.69) is 36.4 Å². The molecule has 6 heteroatoms. The van der Waals surface area contributed by atoms with Crippen LogP contribution in [-0.2, 0) is 50.1 Å². The molecule has 4 aromatic carbocycles. The Morgan fingerprint density at radius 3 is 1.33 bits per heavy atom. The predicted molar refractivity (Wildman–Crippen MR) is 166 cm³/mol. The maximum Gasteiger partial charge on any atom is 0.115 e. The summed E-state index contributed by atoms with van der Waals surface area (Å²) < 4.78 is 33.0. The van der Waals surface area contributed by atoms with Gasteiger partial charge in [0.05, 0.1) is 39.1 Å². The Hall–Kier alpha value is -3.36. The summed E-state index contributed by atoms with van der Waals surface area (Å²) in [6.07, 6.45) is -0.786. The van der Waals surface area contributed by atoms with Crippen LogP contribution in [0.2, 0.25) is 0 Å². The maximum absolute atomic E-state index is 9.73. The number of hydrogen-bond acceptors (Lipinski definition) is 6. The third-order valence-electron chi connectivity index (χ3n) is 7.63. The van der Waals surface area contributed by atoms with E-state index in [-0.39, 0.29) is 12.7 Å². The van der Waals surface area contributed by atoms with Crippen molar-refractivity contribution in [1.82, 2.24) is 0 Å². The Bertz CT molecular complexity index is 1290. The van der Waals surface area contributed by atoms with Gasteiger partial charge in [0.15, 0.2) is 0 Å². The molecule has 1 aliphatic heterocycles. The minimum Gasteiger partial charge on any atom is -0.396 e. The fraction of sp³-hybridized carbons (Fsp3) is 0.351. The lowest BCUT2D eigenvalue weighted by molar-refractivity contribution is -0.273. The molecule has 0 bridgehead atoms. The van der Waals surface area contributed by atoms with E-state index in [1.54, 1.807) is 0 Å². The standard InChI is InChI=1S/C37H42O6/c38-23-13-22-33-35(40-25-30-16-7-2-8-17-30)37(42-27-32-20-11-4-12-21-32)36(41-26-31-18-9-3-10-19-31)34(43-33)28-39-24-29-14-5-1-6-15-29/h1-12,14-21,33-38H,13,22-28H2/t33-,34+,35+,36+,37+/m0/s1. The van der Waals surface area contributed by atoms with Crippen molar-refractivity contribution in [2.45, 2.75) is 69.8 Å². The van der Waals surface area contributed by atoms with E-state index in [0.29, 0.717) is 45.9 Å². The van der Waals surface area contributed by atoms with Crippen LogP contribution in [0.3, 0.4) is 0 Å². The molecule has 0 unspecified atom stereocenters. The monoisotopic (exact) mass is 582 g/mol. The molecule has 4 aromatic rings. The molecule has 5 rings (SSSR count). The lowest BCUT2D eigenvalue weighted by Crippen LogP contribution is -2.61. The Morgan fingerprint density at radius 1 is 0.488 bits per heavy atom. The first-order valence-corrected chi connectivity index (χ1v) is 15.1. The predicted octanol–water partition coefficient (Wildman–Crippen LogP) is 6.50. The summed E-state index contributed by atoms with van der Waals surface area (Å²) >= 11 is 0. The minimum atomic E-state index is -0.453. The lowest BCUT2D eigenvalue weighted by Gasteiger charge is -2.46. The van der Waals surface area contributed by atoms with Crippen LogP contribution in [-0.4, -0.2) is 48.8 Å². The Kier molecular flexibility index (Phi) is 12.3. The van der Waals surface area contributed by atoms with E-state index < -0.39 is 24.4 Å². The summed E-state index contributed by atoms with van der Waals surface area (Å²) in [6.45, 7) is 2.10. The van der Waals surface area contributed by atoms with Gasteiger partial charge < -0.3 is 28.8 Å². The van der Waals surface area contributed by atoms with Crippen molar-refractivity contribution in [2.75, 3.05) is 13.2 Å². The van der Waals surface area contributed by atoms with E-state index in [1.165, 1.54) is 0 Å². The number of aliphatic hydroxyl groups is 1. The normalized spacial score (nSPS) is 21.9. The molecular formula is C37H42O6. The zero-order valence-electron chi connectivity index (χ0n) is 24.6. The second-order valence-electron chi connectivity index (χ2n) is 10.9. The van der Waals surface area contributed by atoms with Crippen LogP contribution in [0.5, 0.6) is 0 Å². The Labute approximate surface area is 255 Å². The van der Waals surface area contributed by atoms with Gasteiger partial charge in [-0.15, -0.1) is 0 Å². The second-order valence-corrected chi connectivity index (χ2v) is 10.9. The van der Waals surface area contributed by atoms with Crippen LogP contribution in [0.15, 0.2) is 121 Å². The van der Waals surface area contributed by atoms with E-state index in [0.717, 1.165) is 22.3 Å². The van der Waals surface area contributed by atoms with Crippen molar-refractivity contribution in [1.29, 1.82) is 0 Å². The van der Waals surface area contributed by atoms with Crippen molar-refractivity contribution in [3.63, 3.8) is 0 Å². The van der Waals surface area contributed by atoms with Crippen molar-refractivity contribution in [3.8, 4) is 0 Å². The molecule has 1 N–H and O–H groups in total. The number of hydrogen-bond donors (Lipinski definition) is 1. The fourth-order valence-corrected chi connectivity index (χ4v) is 5.41. The van der Waals surface area contributed by atoms with Gasteiger partial charge in [-0.25, -0.2) is 0 Å². The zero-order valence-corrected chi connectivity index (χ0v) is 24.6. The molecule has 0 aromatic heterocycles. The van der Waals surface area contributed by atoms with Gasteiger partial charge in [0.1, 0.15) is 24.4 Å². The highest BCUT2D eigenvalue weighted by Crippen LogP contribution is 2.32. The molecule has 43 heavy (non-hydrogen) atoms. The molecule has 0 radical (unpaired) electrons. The average Bonchev–Trinajstić information content (AvgIpc) is 3.07. The molecule has 0 amide bonds. The van der Waals surface area contributed by atoms with E-state index >= 15 is 0 Å². The quantitative estimate of drug-likeness (QED) is 0.163. The highest BCUT2D eigenvalue weighted by atomic mass is 16.6. The molecular weight excluding hydrogens is 540 g/mol. The first-order valence-electron chi connectivity index (χ1n) is 15.1. The van der Waals surface area contributed by atoms with E-state index in [9.17, 15) is 5.11 Å². The molecule has 0 spiro atoms. The van der Waals surface area contributed by atoms with Crippen LogP contribution in [0, 0.1) is 0 Å². The zero-order chi connectivity index (χ0) is 29.5.